The zero-order valence-corrected chi connectivity index (χ0v) is 16.0. The summed E-state index contributed by atoms with van der Waals surface area (Å²) in [6, 6.07) is 10.1. The predicted octanol–water partition coefficient (Wildman–Crippen LogP) is 4.43. The number of likely N-dealkylation sites (tertiary alicyclic amines) is 1. The molecule has 1 saturated heterocycles. The first kappa shape index (κ1) is 20.1. The number of carbonyl (C=O) groups is 1. The molecule has 0 spiro atoms. The van der Waals surface area contributed by atoms with Crippen LogP contribution in [0.15, 0.2) is 48.8 Å². The molecule has 3 aromatic rings. The average Bonchev–Trinajstić information content (AvgIpc) is 3.21. The molecule has 30 heavy (non-hydrogen) atoms. The summed E-state index contributed by atoms with van der Waals surface area (Å²) in [5.74, 6) is 0.246. The Morgan fingerprint density at radius 3 is 2.60 bits per heavy atom. The molecule has 9 heteroatoms. The van der Waals surface area contributed by atoms with Crippen LogP contribution in [-0.4, -0.2) is 40.4 Å². The highest BCUT2D eigenvalue weighted by atomic mass is 19.4. The van der Waals surface area contributed by atoms with Crippen LogP contribution in [0.25, 0.3) is 10.9 Å². The van der Waals surface area contributed by atoms with E-state index in [1.807, 2.05) is 0 Å². The van der Waals surface area contributed by atoms with E-state index in [1.54, 1.807) is 18.2 Å². The van der Waals surface area contributed by atoms with Crippen molar-refractivity contribution < 1.29 is 18.0 Å². The maximum atomic E-state index is 13.0. The van der Waals surface area contributed by atoms with Crippen LogP contribution < -0.4 is 10.6 Å². The van der Waals surface area contributed by atoms with Crippen molar-refractivity contribution in [3.8, 4) is 0 Å². The number of nitrogens with zero attached hydrogens (tertiary/aromatic N) is 3. The van der Waals surface area contributed by atoms with Crippen LogP contribution in [0.5, 0.6) is 0 Å². The van der Waals surface area contributed by atoms with Crippen molar-refractivity contribution in [2.45, 2.75) is 19.0 Å². The fourth-order valence-corrected chi connectivity index (χ4v) is 3.49. The molecule has 1 aromatic heterocycles. The minimum atomic E-state index is -4.43. The Morgan fingerprint density at radius 2 is 1.83 bits per heavy atom. The van der Waals surface area contributed by atoms with Crippen LogP contribution in [0.3, 0.4) is 0 Å². The van der Waals surface area contributed by atoms with Gasteiger partial charge in [0.15, 0.2) is 0 Å². The third kappa shape index (κ3) is 4.68. The lowest BCUT2D eigenvalue weighted by Gasteiger charge is -2.15. The Bertz CT molecular complexity index is 1060. The standard InChI is InChI=1S/C21H20F3N5O/c22-21(23,24)14-4-3-5-15(10-14)28-20-17-11-16(6-7-18(17)25-13-26-20)27-19(30)12-29-8-1-2-9-29/h3-7,10-11,13H,1-2,8-9,12H2,(H,27,30)(H,25,26,28). The number of carbonyl (C=O) groups excluding carboxylic acids is 1. The van der Waals surface area contributed by atoms with Gasteiger partial charge in [-0.1, -0.05) is 6.07 Å². The molecule has 0 aliphatic carbocycles. The zero-order valence-electron chi connectivity index (χ0n) is 16.0. The van der Waals surface area contributed by atoms with Gasteiger partial charge in [0.1, 0.15) is 12.1 Å². The van der Waals surface area contributed by atoms with Crippen molar-refractivity contribution >= 4 is 34.0 Å². The molecule has 1 fully saturated rings. The maximum Gasteiger partial charge on any atom is 0.416 e. The number of halogens is 3. The van der Waals surface area contributed by atoms with E-state index in [2.05, 4.69) is 25.5 Å². The molecule has 2 heterocycles. The van der Waals surface area contributed by atoms with Crippen LogP contribution in [-0.2, 0) is 11.0 Å². The lowest BCUT2D eigenvalue weighted by atomic mass is 10.1. The average molecular weight is 415 g/mol. The smallest absolute Gasteiger partial charge is 0.340 e. The first-order valence-electron chi connectivity index (χ1n) is 9.60. The second-order valence-electron chi connectivity index (χ2n) is 7.19. The minimum Gasteiger partial charge on any atom is -0.340 e. The van der Waals surface area contributed by atoms with Gasteiger partial charge in [-0.05, 0) is 62.3 Å². The van der Waals surface area contributed by atoms with E-state index in [0.717, 1.165) is 38.1 Å². The summed E-state index contributed by atoms with van der Waals surface area (Å²) in [7, 11) is 0. The van der Waals surface area contributed by atoms with Crippen molar-refractivity contribution in [3.05, 3.63) is 54.4 Å². The van der Waals surface area contributed by atoms with Crippen LogP contribution in [0, 0.1) is 0 Å². The van der Waals surface area contributed by atoms with Gasteiger partial charge < -0.3 is 10.6 Å². The van der Waals surface area contributed by atoms with Crippen LogP contribution in [0.1, 0.15) is 18.4 Å². The van der Waals surface area contributed by atoms with E-state index in [9.17, 15) is 18.0 Å². The SMILES string of the molecule is O=C(CN1CCCC1)Nc1ccc2ncnc(Nc3cccc(C(F)(F)F)c3)c2c1. The van der Waals surface area contributed by atoms with E-state index in [1.165, 1.54) is 18.5 Å². The molecular weight excluding hydrogens is 395 g/mol. The summed E-state index contributed by atoms with van der Waals surface area (Å²) in [5.41, 5.74) is 0.694. The van der Waals surface area contributed by atoms with Crippen molar-refractivity contribution in [1.29, 1.82) is 0 Å². The third-order valence-corrected chi connectivity index (χ3v) is 4.94. The number of amides is 1. The molecule has 0 bridgehead atoms. The maximum absolute atomic E-state index is 13.0. The molecule has 2 N–H and O–H groups in total. The number of aromatic nitrogens is 2. The lowest BCUT2D eigenvalue weighted by Crippen LogP contribution is -2.30. The summed E-state index contributed by atoms with van der Waals surface area (Å²) >= 11 is 0. The Kier molecular flexibility index (Phi) is 5.54. The van der Waals surface area contributed by atoms with Crippen molar-refractivity contribution in [2.75, 3.05) is 30.3 Å². The van der Waals surface area contributed by atoms with Crippen LogP contribution >= 0.6 is 0 Å². The fraction of sp³-hybridized carbons (Fsp3) is 0.286. The number of benzene rings is 2. The van der Waals surface area contributed by atoms with Gasteiger partial charge in [-0.25, -0.2) is 9.97 Å². The molecule has 0 saturated carbocycles. The van der Waals surface area contributed by atoms with Gasteiger partial charge >= 0.3 is 6.18 Å². The molecule has 1 amide bonds. The molecule has 4 rings (SSSR count). The monoisotopic (exact) mass is 415 g/mol. The zero-order chi connectivity index (χ0) is 21.1. The van der Waals surface area contributed by atoms with E-state index in [-0.39, 0.29) is 11.6 Å². The van der Waals surface area contributed by atoms with E-state index >= 15 is 0 Å². The molecule has 0 unspecified atom stereocenters. The fourth-order valence-electron chi connectivity index (χ4n) is 3.49. The Labute approximate surface area is 171 Å². The Balaban J connectivity index is 1.56. The Morgan fingerprint density at radius 1 is 1.03 bits per heavy atom. The van der Waals surface area contributed by atoms with Gasteiger partial charge in [-0.3, -0.25) is 9.69 Å². The normalized spacial score (nSPS) is 14.8. The van der Waals surface area contributed by atoms with E-state index in [4.69, 9.17) is 0 Å². The van der Waals surface area contributed by atoms with Gasteiger partial charge in [0.25, 0.3) is 0 Å². The van der Waals surface area contributed by atoms with Gasteiger partial charge in [-0.15, -0.1) is 0 Å². The van der Waals surface area contributed by atoms with E-state index < -0.39 is 11.7 Å². The molecule has 2 aromatic carbocycles. The summed E-state index contributed by atoms with van der Waals surface area (Å²) in [6.07, 6.45) is -0.890. The van der Waals surface area contributed by atoms with Crippen molar-refractivity contribution in [2.24, 2.45) is 0 Å². The first-order valence-corrected chi connectivity index (χ1v) is 9.60. The van der Waals surface area contributed by atoms with Gasteiger partial charge in [-0.2, -0.15) is 13.2 Å². The second kappa shape index (κ2) is 8.27. The highest BCUT2D eigenvalue weighted by Crippen LogP contribution is 2.32. The molecular formula is C21H20F3N5O. The first-order chi connectivity index (χ1) is 14.4. The molecule has 1 aliphatic heterocycles. The molecule has 0 radical (unpaired) electrons. The quantitative estimate of drug-likeness (QED) is 0.645. The van der Waals surface area contributed by atoms with Gasteiger partial charge in [0.2, 0.25) is 5.91 Å². The van der Waals surface area contributed by atoms with Crippen LogP contribution in [0.4, 0.5) is 30.4 Å². The largest absolute Gasteiger partial charge is 0.416 e. The number of anilines is 3. The van der Waals surface area contributed by atoms with Crippen molar-refractivity contribution in [3.63, 3.8) is 0 Å². The molecule has 156 valence electrons. The van der Waals surface area contributed by atoms with Gasteiger partial charge in [0, 0.05) is 16.8 Å². The number of fused-ring (bicyclic) bond motifs is 1. The second-order valence-corrected chi connectivity index (χ2v) is 7.19. The lowest BCUT2D eigenvalue weighted by molar-refractivity contribution is -0.137. The van der Waals surface area contributed by atoms with Crippen LogP contribution in [0.2, 0.25) is 0 Å². The van der Waals surface area contributed by atoms with Crippen molar-refractivity contribution in [1.82, 2.24) is 14.9 Å². The third-order valence-electron chi connectivity index (χ3n) is 4.94. The summed E-state index contributed by atoms with van der Waals surface area (Å²) in [4.78, 5) is 22.8. The molecule has 6 nitrogen and oxygen atoms in total. The predicted molar refractivity (Wildman–Crippen MR) is 109 cm³/mol. The highest BCUT2D eigenvalue weighted by molar-refractivity contribution is 5.97. The summed E-state index contributed by atoms with van der Waals surface area (Å²) in [6.45, 7) is 2.17. The number of rotatable bonds is 5. The number of hydrogen-bond donors (Lipinski definition) is 2. The highest BCUT2D eigenvalue weighted by Gasteiger charge is 2.30. The molecule has 1 aliphatic rings. The number of alkyl halides is 3. The Hall–Kier alpha value is -3.20. The summed E-state index contributed by atoms with van der Waals surface area (Å²) in [5, 5.41) is 6.39. The van der Waals surface area contributed by atoms with Gasteiger partial charge in [0.05, 0.1) is 17.6 Å². The number of hydrogen-bond acceptors (Lipinski definition) is 5. The topological polar surface area (TPSA) is 70.2 Å². The number of nitrogens with one attached hydrogen (secondary N) is 2. The molecule has 0 atom stereocenters. The summed E-state index contributed by atoms with van der Waals surface area (Å²) < 4.78 is 38.9. The minimum absolute atomic E-state index is 0.111. The van der Waals surface area contributed by atoms with E-state index in [0.29, 0.717) is 29.0 Å².